The predicted octanol–water partition coefficient (Wildman–Crippen LogP) is 0.136. The molecule has 0 aliphatic heterocycles. The number of carboxylic acid groups (broad SMARTS) is 1. The lowest BCUT2D eigenvalue weighted by Gasteiger charge is -2.21. The summed E-state index contributed by atoms with van der Waals surface area (Å²) >= 11 is 0. The summed E-state index contributed by atoms with van der Waals surface area (Å²) in [5.41, 5.74) is -0.676. The van der Waals surface area contributed by atoms with Gasteiger partial charge in [-0.2, -0.15) is 0 Å². The lowest BCUT2D eigenvalue weighted by atomic mass is 10.0. The summed E-state index contributed by atoms with van der Waals surface area (Å²) in [6, 6.07) is 0. The zero-order valence-corrected chi connectivity index (χ0v) is 12.0. The van der Waals surface area contributed by atoms with Crippen LogP contribution in [0.4, 0.5) is 4.79 Å². The van der Waals surface area contributed by atoms with E-state index in [2.05, 4.69) is 10.1 Å². The Morgan fingerprint density at radius 3 is 2.20 bits per heavy atom. The van der Waals surface area contributed by atoms with Gasteiger partial charge in [-0.25, -0.2) is 4.79 Å². The fourth-order valence-electron chi connectivity index (χ4n) is 1.31. The molecule has 8 nitrogen and oxygen atoms in total. The molecule has 1 unspecified atom stereocenters. The highest BCUT2D eigenvalue weighted by Crippen LogP contribution is 2.10. The SMILES string of the molecule is COC(=O)C(C[C@H](O)CNC(=O)OC(C)(C)C)C(=O)O. The van der Waals surface area contributed by atoms with Crippen molar-refractivity contribution < 1.29 is 34.1 Å². The lowest BCUT2D eigenvalue weighted by molar-refractivity contribution is -0.158. The fraction of sp³-hybridized carbons (Fsp3) is 0.750. The second kappa shape index (κ2) is 7.68. The highest BCUT2D eigenvalue weighted by Gasteiger charge is 2.30. The first kappa shape index (κ1) is 18.2. The third-order valence-corrected chi connectivity index (χ3v) is 2.17. The third-order valence-electron chi connectivity index (χ3n) is 2.17. The summed E-state index contributed by atoms with van der Waals surface area (Å²) in [6.45, 7) is 4.82. The molecule has 0 fully saturated rings. The number of esters is 1. The number of carbonyl (C=O) groups excluding carboxylic acids is 2. The molecule has 0 aromatic rings. The molecule has 0 bridgehead atoms. The van der Waals surface area contributed by atoms with E-state index in [9.17, 15) is 19.5 Å². The minimum absolute atomic E-state index is 0.227. The molecule has 1 amide bonds. The van der Waals surface area contributed by atoms with Crippen LogP contribution in [0.25, 0.3) is 0 Å². The van der Waals surface area contributed by atoms with Crippen LogP contribution >= 0.6 is 0 Å². The van der Waals surface area contributed by atoms with E-state index in [1.807, 2.05) is 0 Å². The van der Waals surface area contributed by atoms with Crippen LogP contribution in [0.3, 0.4) is 0 Å². The van der Waals surface area contributed by atoms with Gasteiger partial charge in [0.25, 0.3) is 0 Å². The summed E-state index contributed by atoms with van der Waals surface area (Å²) < 4.78 is 9.26. The van der Waals surface area contributed by atoms with Gasteiger partial charge in [0.2, 0.25) is 0 Å². The topological polar surface area (TPSA) is 122 Å². The summed E-state index contributed by atoms with van der Waals surface area (Å²) in [6.07, 6.45) is -2.30. The number of aliphatic carboxylic acids is 1. The van der Waals surface area contributed by atoms with E-state index in [1.54, 1.807) is 20.8 Å². The van der Waals surface area contributed by atoms with Gasteiger partial charge in [0, 0.05) is 6.54 Å². The predicted molar refractivity (Wildman–Crippen MR) is 68.0 cm³/mol. The molecule has 0 saturated heterocycles. The number of carboxylic acids is 1. The average molecular weight is 291 g/mol. The van der Waals surface area contributed by atoms with Crippen LogP contribution in [0.15, 0.2) is 0 Å². The van der Waals surface area contributed by atoms with Gasteiger partial charge in [0.15, 0.2) is 5.92 Å². The molecule has 0 rings (SSSR count). The van der Waals surface area contributed by atoms with Gasteiger partial charge < -0.3 is 25.0 Å². The van der Waals surface area contributed by atoms with Gasteiger partial charge in [-0.15, -0.1) is 0 Å². The Balaban J connectivity index is 4.27. The highest BCUT2D eigenvalue weighted by atomic mass is 16.6. The van der Waals surface area contributed by atoms with Crippen molar-refractivity contribution in [1.82, 2.24) is 5.32 Å². The summed E-state index contributed by atoms with van der Waals surface area (Å²) in [7, 11) is 1.06. The van der Waals surface area contributed by atoms with E-state index >= 15 is 0 Å². The molecular formula is C12H21NO7. The molecular weight excluding hydrogens is 270 g/mol. The standard InChI is InChI=1S/C12H21NO7/c1-12(2,3)20-11(18)13-6-7(14)5-8(9(15)16)10(17)19-4/h7-8,14H,5-6H2,1-4H3,(H,13,18)(H,15,16)/t7-,8?/m0/s1. The maximum Gasteiger partial charge on any atom is 0.407 e. The van der Waals surface area contributed by atoms with Crippen molar-refractivity contribution in [2.24, 2.45) is 5.92 Å². The Morgan fingerprint density at radius 1 is 1.25 bits per heavy atom. The molecule has 0 heterocycles. The van der Waals surface area contributed by atoms with E-state index in [0.717, 1.165) is 7.11 Å². The van der Waals surface area contributed by atoms with Crippen LogP contribution < -0.4 is 5.32 Å². The average Bonchev–Trinajstić information content (AvgIpc) is 2.30. The lowest BCUT2D eigenvalue weighted by Crippen LogP contribution is -2.39. The Hall–Kier alpha value is -1.83. The molecule has 0 aliphatic carbocycles. The number of nitrogens with one attached hydrogen (secondary N) is 1. The number of hydrogen-bond donors (Lipinski definition) is 3. The number of amides is 1. The molecule has 116 valence electrons. The Morgan fingerprint density at radius 2 is 1.80 bits per heavy atom. The molecule has 2 atom stereocenters. The van der Waals surface area contributed by atoms with Crippen LogP contribution in [0.1, 0.15) is 27.2 Å². The first-order chi connectivity index (χ1) is 9.06. The summed E-state index contributed by atoms with van der Waals surface area (Å²) in [5.74, 6) is -3.82. The summed E-state index contributed by atoms with van der Waals surface area (Å²) in [5, 5.41) is 20.7. The van der Waals surface area contributed by atoms with Crippen LogP contribution in [-0.4, -0.2) is 53.6 Å². The normalized spacial score (nSPS) is 14.1. The van der Waals surface area contributed by atoms with Gasteiger partial charge in [0.1, 0.15) is 5.60 Å². The van der Waals surface area contributed by atoms with E-state index < -0.39 is 35.7 Å². The number of ether oxygens (including phenoxy) is 2. The first-order valence-corrected chi connectivity index (χ1v) is 6.02. The Bertz CT molecular complexity index is 361. The smallest absolute Gasteiger partial charge is 0.407 e. The molecule has 0 aromatic heterocycles. The quantitative estimate of drug-likeness (QED) is 0.470. The van der Waals surface area contributed by atoms with Crippen molar-refractivity contribution in [2.45, 2.75) is 38.9 Å². The van der Waals surface area contributed by atoms with E-state index in [0.29, 0.717) is 0 Å². The van der Waals surface area contributed by atoms with E-state index in [4.69, 9.17) is 9.84 Å². The van der Waals surface area contributed by atoms with Gasteiger partial charge in [-0.3, -0.25) is 9.59 Å². The molecule has 8 heteroatoms. The molecule has 0 aromatic carbocycles. The number of aliphatic hydroxyl groups is 1. The van der Waals surface area contributed by atoms with Crippen molar-refractivity contribution in [3.05, 3.63) is 0 Å². The van der Waals surface area contributed by atoms with E-state index in [1.165, 1.54) is 0 Å². The van der Waals surface area contributed by atoms with Gasteiger partial charge in [0.05, 0.1) is 13.2 Å². The zero-order valence-electron chi connectivity index (χ0n) is 12.0. The van der Waals surface area contributed by atoms with Gasteiger partial charge in [-0.1, -0.05) is 0 Å². The zero-order chi connectivity index (χ0) is 15.9. The number of methoxy groups -OCH3 is 1. The van der Waals surface area contributed by atoms with Crippen LogP contribution in [0, 0.1) is 5.92 Å². The Labute approximate surface area is 117 Å². The molecule has 0 spiro atoms. The largest absolute Gasteiger partial charge is 0.481 e. The third kappa shape index (κ3) is 7.57. The molecule has 20 heavy (non-hydrogen) atoms. The number of alkyl carbamates (subject to hydrolysis) is 1. The molecule has 0 saturated carbocycles. The van der Waals surface area contributed by atoms with Gasteiger partial charge >= 0.3 is 18.0 Å². The number of carbonyl (C=O) groups is 3. The number of hydrogen-bond acceptors (Lipinski definition) is 6. The van der Waals surface area contributed by atoms with Crippen molar-refractivity contribution in [2.75, 3.05) is 13.7 Å². The maximum absolute atomic E-state index is 11.3. The maximum atomic E-state index is 11.3. The Kier molecular flexibility index (Phi) is 6.98. The van der Waals surface area contributed by atoms with Gasteiger partial charge in [-0.05, 0) is 27.2 Å². The van der Waals surface area contributed by atoms with Crippen LogP contribution in [0.5, 0.6) is 0 Å². The highest BCUT2D eigenvalue weighted by molar-refractivity contribution is 5.93. The summed E-state index contributed by atoms with van der Waals surface area (Å²) in [4.78, 5) is 33.3. The van der Waals surface area contributed by atoms with E-state index in [-0.39, 0.29) is 13.0 Å². The minimum atomic E-state index is -1.48. The van der Waals surface area contributed by atoms with Crippen molar-refractivity contribution >= 4 is 18.0 Å². The van der Waals surface area contributed by atoms with Crippen molar-refractivity contribution in [3.63, 3.8) is 0 Å². The fourth-order valence-corrected chi connectivity index (χ4v) is 1.31. The van der Waals surface area contributed by atoms with Crippen LogP contribution in [-0.2, 0) is 19.1 Å². The van der Waals surface area contributed by atoms with Crippen molar-refractivity contribution in [1.29, 1.82) is 0 Å². The number of aliphatic hydroxyl groups excluding tert-OH is 1. The number of rotatable bonds is 6. The van der Waals surface area contributed by atoms with Crippen molar-refractivity contribution in [3.8, 4) is 0 Å². The molecule has 0 radical (unpaired) electrons. The molecule has 0 aliphatic rings. The first-order valence-electron chi connectivity index (χ1n) is 6.02. The second-order valence-electron chi connectivity index (χ2n) is 5.19. The van der Waals surface area contributed by atoms with Crippen LogP contribution in [0.2, 0.25) is 0 Å². The monoisotopic (exact) mass is 291 g/mol. The molecule has 3 N–H and O–H groups in total. The minimum Gasteiger partial charge on any atom is -0.481 e. The second-order valence-corrected chi connectivity index (χ2v) is 5.19.